The Hall–Kier alpha value is -2.75. The maximum atomic E-state index is 12.6. The van der Waals surface area contributed by atoms with Gasteiger partial charge in [0.05, 0.1) is 11.8 Å². The summed E-state index contributed by atoms with van der Waals surface area (Å²) in [5.41, 5.74) is 1.50. The predicted molar refractivity (Wildman–Crippen MR) is 101 cm³/mol. The molecule has 0 spiro atoms. The van der Waals surface area contributed by atoms with Crippen molar-refractivity contribution >= 4 is 5.78 Å². The van der Waals surface area contributed by atoms with E-state index in [4.69, 9.17) is 4.74 Å². The van der Waals surface area contributed by atoms with Gasteiger partial charge in [-0.1, -0.05) is 37.3 Å². The Morgan fingerprint density at radius 3 is 2.54 bits per heavy atom. The lowest BCUT2D eigenvalue weighted by molar-refractivity contribution is 0.0838. The Bertz CT molecular complexity index is 850. The molecule has 0 saturated carbocycles. The number of aromatic hydroxyl groups is 1. The normalized spacial score (nSPS) is 18.3. The summed E-state index contributed by atoms with van der Waals surface area (Å²) in [6, 6.07) is 13.7. The Kier molecular flexibility index (Phi) is 4.77. The lowest BCUT2D eigenvalue weighted by Crippen LogP contribution is -2.39. The number of ether oxygens (including phenoxy) is 1. The van der Waals surface area contributed by atoms with Gasteiger partial charge >= 0.3 is 0 Å². The molecule has 2 N–H and O–H groups in total. The molecule has 0 fully saturated rings. The van der Waals surface area contributed by atoms with Crippen molar-refractivity contribution in [3.8, 4) is 11.5 Å². The van der Waals surface area contributed by atoms with E-state index in [0.717, 1.165) is 24.7 Å². The first kappa shape index (κ1) is 18.1. The number of ketones is 1. The topological polar surface area (TPSA) is 66.8 Å². The van der Waals surface area contributed by atoms with Crippen molar-refractivity contribution in [3.05, 3.63) is 71.0 Å². The van der Waals surface area contributed by atoms with Gasteiger partial charge in [-0.05, 0) is 55.9 Å². The number of rotatable bonds is 4. The van der Waals surface area contributed by atoms with Crippen molar-refractivity contribution in [2.24, 2.45) is 0 Å². The molecule has 0 aromatic heterocycles. The molecule has 4 heteroatoms. The van der Waals surface area contributed by atoms with E-state index in [1.165, 1.54) is 5.56 Å². The zero-order valence-electron chi connectivity index (χ0n) is 15.3. The summed E-state index contributed by atoms with van der Waals surface area (Å²) >= 11 is 0. The van der Waals surface area contributed by atoms with Gasteiger partial charge in [0.15, 0.2) is 0 Å². The number of fused-ring (bicyclic) bond motifs is 1. The van der Waals surface area contributed by atoms with Crippen LogP contribution in [0, 0.1) is 0 Å². The van der Waals surface area contributed by atoms with Crippen LogP contribution in [0.1, 0.15) is 54.6 Å². The van der Waals surface area contributed by atoms with Crippen molar-refractivity contribution in [2.45, 2.75) is 45.1 Å². The van der Waals surface area contributed by atoms with Gasteiger partial charge in [0.25, 0.3) is 0 Å². The van der Waals surface area contributed by atoms with Crippen LogP contribution in [-0.2, 0) is 6.42 Å². The number of benzene rings is 2. The highest BCUT2D eigenvalue weighted by Crippen LogP contribution is 2.42. The monoisotopic (exact) mass is 352 g/mol. The minimum Gasteiger partial charge on any atom is -0.515 e. The van der Waals surface area contributed by atoms with Crippen LogP contribution in [-0.4, -0.2) is 21.6 Å². The highest BCUT2D eigenvalue weighted by atomic mass is 16.5. The molecular weight excluding hydrogens is 328 g/mol. The van der Waals surface area contributed by atoms with Crippen LogP contribution < -0.4 is 4.74 Å². The first-order valence-corrected chi connectivity index (χ1v) is 8.83. The molecule has 0 radical (unpaired) electrons. The first-order valence-electron chi connectivity index (χ1n) is 8.83. The molecule has 1 atom stereocenters. The van der Waals surface area contributed by atoms with Gasteiger partial charge in [0.2, 0.25) is 5.78 Å². The smallest absolute Gasteiger partial charge is 0.203 e. The summed E-state index contributed by atoms with van der Waals surface area (Å²) in [5, 5.41) is 19.8. The number of carbonyl (C=O) groups excluding carboxylic acids is 1. The second kappa shape index (κ2) is 6.87. The van der Waals surface area contributed by atoms with Crippen LogP contribution >= 0.6 is 0 Å². The molecule has 0 amide bonds. The number of aliphatic hydroxyl groups is 1. The van der Waals surface area contributed by atoms with E-state index >= 15 is 0 Å². The molecule has 1 unspecified atom stereocenters. The maximum Gasteiger partial charge on any atom is 0.203 e. The van der Waals surface area contributed by atoms with E-state index in [0.29, 0.717) is 5.75 Å². The molecule has 3 rings (SSSR count). The maximum absolute atomic E-state index is 12.6. The number of carbonyl (C=O) groups is 1. The predicted octanol–water partition coefficient (Wildman–Crippen LogP) is 4.92. The number of hydrogen-bond acceptors (Lipinski definition) is 4. The van der Waals surface area contributed by atoms with Crippen LogP contribution in [0.3, 0.4) is 0 Å². The third-order valence-electron chi connectivity index (χ3n) is 5.00. The molecule has 0 bridgehead atoms. The Morgan fingerprint density at radius 1 is 1.19 bits per heavy atom. The van der Waals surface area contributed by atoms with E-state index < -0.39 is 11.4 Å². The molecule has 4 nitrogen and oxygen atoms in total. The Labute approximate surface area is 153 Å². The number of aryl methyl sites for hydroxylation is 1. The van der Waals surface area contributed by atoms with E-state index in [1.54, 1.807) is 19.9 Å². The summed E-state index contributed by atoms with van der Waals surface area (Å²) in [4.78, 5) is 12.6. The third kappa shape index (κ3) is 3.32. The molecule has 1 heterocycles. The molecule has 1 aliphatic rings. The number of phenols is 1. The van der Waals surface area contributed by atoms with Gasteiger partial charge in [-0.2, -0.15) is 0 Å². The molecule has 0 aliphatic carbocycles. The van der Waals surface area contributed by atoms with Gasteiger partial charge < -0.3 is 14.9 Å². The zero-order chi connectivity index (χ0) is 18.9. The van der Waals surface area contributed by atoms with Gasteiger partial charge in [-0.3, -0.25) is 4.79 Å². The quantitative estimate of drug-likeness (QED) is 0.605. The zero-order valence-corrected chi connectivity index (χ0v) is 15.3. The first-order chi connectivity index (χ1) is 12.3. The van der Waals surface area contributed by atoms with Crippen LogP contribution in [0.2, 0.25) is 0 Å². The summed E-state index contributed by atoms with van der Waals surface area (Å²) in [7, 11) is 0. The minimum absolute atomic E-state index is 0.107. The van der Waals surface area contributed by atoms with Crippen LogP contribution in [0.4, 0.5) is 0 Å². The Balaban J connectivity index is 1.88. The second-order valence-electron chi connectivity index (χ2n) is 7.32. The van der Waals surface area contributed by atoms with E-state index in [-0.39, 0.29) is 22.8 Å². The summed E-state index contributed by atoms with van der Waals surface area (Å²) < 4.78 is 5.92. The molecule has 2 aromatic carbocycles. The molecular formula is C22H24O4. The van der Waals surface area contributed by atoms with E-state index in [9.17, 15) is 15.0 Å². The minimum atomic E-state index is -0.947. The number of Topliss-reactive ketones (excluding diaryl/α,β-unsaturated/α-hetero) is 1. The summed E-state index contributed by atoms with van der Waals surface area (Å²) in [5.74, 6) is 0.0545. The lowest BCUT2D eigenvalue weighted by Gasteiger charge is -2.34. The lowest BCUT2D eigenvalue weighted by atomic mass is 9.85. The van der Waals surface area contributed by atoms with Crippen LogP contribution in [0.5, 0.6) is 11.5 Å². The number of aliphatic hydroxyl groups excluding tert-OH is 1. The molecule has 26 heavy (non-hydrogen) atoms. The SMILES string of the molecule is CC(CCc1ccccc1)c1cc(O)c2c(c1)OC(C)(C)/C(=C\O)C2=O. The Morgan fingerprint density at radius 2 is 1.88 bits per heavy atom. The highest BCUT2D eigenvalue weighted by Gasteiger charge is 2.40. The van der Waals surface area contributed by atoms with Crippen molar-refractivity contribution in [1.29, 1.82) is 0 Å². The van der Waals surface area contributed by atoms with Crippen LogP contribution in [0.25, 0.3) is 0 Å². The van der Waals surface area contributed by atoms with E-state index in [2.05, 4.69) is 19.1 Å². The van der Waals surface area contributed by atoms with Gasteiger partial charge in [-0.15, -0.1) is 0 Å². The van der Waals surface area contributed by atoms with Crippen molar-refractivity contribution in [3.63, 3.8) is 0 Å². The fraction of sp³-hybridized carbons (Fsp3) is 0.318. The molecule has 2 aromatic rings. The van der Waals surface area contributed by atoms with Crippen molar-refractivity contribution in [2.75, 3.05) is 0 Å². The number of phenolic OH excluding ortho intramolecular Hbond substituents is 1. The highest BCUT2D eigenvalue weighted by molar-refractivity contribution is 6.14. The van der Waals surface area contributed by atoms with Crippen LogP contribution in [0.15, 0.2) is 54.3 Å². The standard InChI is InChI=1S/C22H24O4/c1-14(9-10-15-7-5-4-6-8-15)16-11-18(24)20-19(12-16)26-22(2,3)17(13-23)21(20)25/h4-8,11-14,23-24H,9-10H2,1-3H3/b17-13-. The average molecular weight is 352 g/mol. The van der Waals surface area contributed by atoms with Gasteiger partial charge in [0.1, 0.15) is 22.7 Å². The van der Waals surface area contributed by atoms with E-state index in [1.807, 2.05) is 24.3 Å². The van der Waals surface area contributed by atoms with Gasteiger partial charge in [0, 0.05) is 0 Å². The fourth-order valence-electron chi connectivity index (χ4n) is 3.36. The fourth-order valence-corrected chi connectivity index (χ4v) is 3.36. The number of hydrogen-bond donors (Lipinski definition) is 2. The molecule has 0 saturated heterocycles. The van der Waals surface area contributed by atoms with Gasteiger partial charge in [-0.25, -0.2) is 0 Å². The summed E-state index contributed by atoms with van der Waals surface area (Å²) in [6.07, 6.45) is 2.62. The van der Waals surface area contributed by atoms with Crippen molar-refractivity contribution < 1.29 is 19.7 Å². The third-order valence-corrected chi connectivity index (χ3v) is 5.00. The molecule has 136 valence electrons. The largest absolute Gasteiger partial charge is 0.515 e. The second-order valence-corrected chi connectivity index (χ2v) is 7.32. The molecule has 1 aliphatic heterocycles. The van der Waals surface area contributed by atoms with Crippen molar-refractivity contribution in [1.82, 2.24) is 0 Å². The average Bonchev–Trinajstić information content (AvgIpc) is 2.59. The summed E-state index contributed by atoms with van der Waals surface area (Å²) in [6.45, 7) is 5.54.